The van der Waals surface area contributed by atoms with Gasteiger partial charge in [-0.15, -0.1) is 0 Å². The summed E-state index contributed by atoms with van der Waals surface area (Å²) in [6, 6.07) is 13.0. The summed E-state index contributed by atoms with van der Waals surface area (Å²) in [5.41, 5.74) is 0.393. The van der Waals surface area contributed by atoms with Crippen molar-refractivity contribution in [3.05, 3.63) is 70.6 Å². The standard InChI is InChI=1S/C17H14N2O5S/c1-18-17(21)12-3-2-4-13(9-12)19-25(22,23)14-6-7-15-11(10-14)5-8-16(20)24-15/h2-10,19H,1H3,(H,18,21). The molecule has 1 amide bonds. The van der Waals surface area contributed by atoms with Gasteiger partial charge in [0, 0.05) is 29.8 Å². The van der Waals surface area contributed by atoms with Crippen molar-refractivity contribution in [1.82, 2.24) is 5.32 Å². The Morgan fingerprint density at radius 1 is 1.04 bits per heavy atom. The second-order valence-corrected chi connectivity index (χ2v) is 6.90. The number of rotatable bonds is 4. The number of benzene rings is 2. The fraction of sp³-hybridized carbons (Fsp3) is 0.0588. The summed E-state index contributed by atoms with van der Waals surface area (Å²) in [4.78, 5) is 22.9. The fourth-order valence-electron chi connectivity index (χ4n) is 2.30. The molecule has 2 N–H and O–H groups in total. The van der Waals surface area contributed by atoms with Gasteiger partial charge in [-0.1, -0.05) is 6.07 Å². The van der Waals surface area contributed by atoms with Crippen molar-refractivity contribution in [2.75, 3.05) is 11.8 Å². The van der Waals surface area contributed by atoms with Crippen LogP contribution in [0.3, 0.4) is 0 Å². The van der Waals surface area contributed by atoms with Gasteiger partial charge >= 0.3 is 5.63 Å². The molecule has 25 heavy (non-hydrogen) atoms. The predicted molar refractivity (Wildman–Crippen MR) is 93.1 cm³/mol. The Morgan fingerprint density at radius 2 is 1.84 bits per heavy atom. The van der Waals surface area contributed by atoms with Crippen LogP contribution >= 0.6 is 0 Å². The molecule has 0 unspecified atom stereocenters. The zero-order valence-electron chi connectivity index (χ0n) is 13.1. The Morgan fingerprint density at radius 3 is 2.60 bits per heavy atom. The van der Waals surface area contributed by atoms with Gasteiger partial charge in [0.25, 0.3) is 15.9 Å². The average molecular weight is 358 g/mol. The lowest BCUT2D eigenvalue weighted by Crippen LogP contribution is -2.18. The first-order valence-electron chi connectivity index (χ1n) is 7.28. The third-order valence-electron chi connectivity index (χ3n) is 3.51. The number of fused-ring (bicyclic) bond motifs is 1. The number of amides is 1. The summed E-state index contributed by atoms with van der Waals surface area (Å²) < 4.78 is 32.5. The van der Waals surface area contributed by atoms with Crippen LogP contribution in [-0.2, 0) is 10.0 Å². The number of carbonyl (C=O) groups excluding carboxylic acids is 1. The van der Waals surface area contributed by atoms with Gasteiger partial charge in [0.2, 0.25) is 0 Å². The van der Waals surface area contributed by atoms with E-state index in [0.29, 0.717) is 16.5 Å². The predicted octanol–water partition coefficient (Wildman–Crippen LogP) is 1.95. The molecule has 0 aliphatic carbocycles. The summed E-state index contributed by atoms with van der Waals surface area (Å²) >= 11 is 0. The van der Waals surface area contributed by atoms with Crippen LogP contribution in [0.4, 0.5) is 5.69 Å². The van der Waals surface area contributed by atoms with Crippen molar-refractivity contribution in [3.63, 3.8) is 0 Å². The Hall–Kier alpha value is -3.13. The van der Waals surface area contributed by atoms with Crippen molar-refractivity contribution in [3.8, 4) is 0 Å². The second-order valence-electron chi connectivity index (χ2n) is 5.22. The van der Waals surface area contributed by atoms with Gasteiger partial charge in [0.05, 0.1) is 4.90 Å². The highest BCUT2D eigenvalue weighted by Gasteiger charge is 2.16. The number of nitrogens with one attached hydrogen (secondary N) is 2. The largest absolute Gasteiger partial charge is 0.423 e. The SMILES string of the molecule is CNC(=O)c1cccc(NS(=O)(=O)c2ccc3oc(=O)ccc3c2)c1. The van der Waals surface area contributed by atoms with Gasteiger partial charge in [0.15, 0.2) is 0 Å². The minimum absolute atomic E-state index is 0.0131. The van der Waals surface area contributed by atoms with Gasteiger partial charge in [-0.25, -0.2) is 13.2 Å². The molecule has 1 aromatic heterocycles. The summed E-state index contributed by atoms with van der Waals surface area (Å²) in [6.45, 7) is 0. The van der Waals surface area contributed by atoms with Crippen molar-refractivity contribution >= 4 is 32.6 Å². The van der Waals surface area contributed by atoms with Gasteiger partial charge in [-0.3, -0.25) is 9.52 Å². The van der Waals surface area contributed by atoms with Crippen LogP contribution in [0.2, 0.25) is 0 Å². The van der Waals surface area contributed by atoms with E-state index in [0.717, 1.165) is 0 Å². The smallest absolute Gasteiger partial charge is 0.336 e. The minimum atomic E-state index is -3.87. The molecule has 0 aliphatic heterocycles. The number of sulfonamides is 1. The maximum absolute atomic E-state index is 12.6. The van der Waals surface area contributed by atoms with Crippen molar-refractivity contribution < 1.29 is 17.6 Å². The molecule has 3 rings (SSSR count). The molecule has 0 radical (unpaired) electrons. The summed E-state index contributed by atoms with van der Waals surface area (Å²) in [7, 11) is -2.37. The first-order chi connectivity index (χ1) is 11.9. The van der Waals surface area contributed by atoms with Crippen LogP contribution in [0, 0.1) is 0 Å². The summed E-state index contributed by atoms with van der Waals surface area (Å²) in [5, 5.41) is 2.96. The van der Waals surface area contributed by atoms with E-state index >= 15 is 0 Å². The molecule has 0 saturated carbocycles. The average Bonchev–Trinajstić information content (AvgIpc) is 2.60. The van der Waals surface area contributed by atoms with E-state index in [1.165, 1.54) is 43.4 Å². The number of hydrogen-bond acceptors (Lipinski definition) is 5. The third-order valence-corrected chi connectivity index (χ3v) is 4.88. The summed E-state index contributed by atoms with van der Waals surface area (Å²) in [6.07, 6.45) is 0. The highest BCUT2D eigenvalue weighted by molar-refractivity contribution is 7.92. The molecular formula is C17H14N2O5S. The van der Waals surface area contributed by atoms with Crippen LogP contribution < -0.4 is 15.7 Å². The van der Waals surface area contributed by atoms with Crippen LogP contribution in [0.15, 0.2) is 68.7 Å². The molecule has 128 valence electrons. The minimum Gasteiger partial charge on any atom is -0.423 e. The number of carbonyl (C=O) groups is 1. The maximum atomic E-state index is 12.6. The Labute approximate surface area is 143 Å². The fourth-order valence-corrected chi connectivity index (χ4v) is 3.38. The van der Waals surface area contributed by atoms with E-state index in [1.54, 1.807) is 18.2 Å². The molecule has 0 aliphatic rings. The van der Waals surface area contributed by atoms with E-state index < -0.39 is 15.6 Å². The van der Waals surface area contributed by atoms with Crippen molar-refractivity contribution in [1.29, 1.82) is 0 Å². The third kappa shape index (κ3) is 3.53. The molecule has 0 fully saturated rings. The van der Waals surface area contributed by atoms with Gasteiger partial charge in [0.1, 0.15) is 5.58 Å². The van der Waals surface area contributed by atoms with Crippen molar-refractivity contribution in [2.45, 2.75) is 4.90 Å². The molecule has 0 spiro atoms. The molecule has 8 heteroatoms. The lowest BCUT2D eigenvalue weighted by atomic mass is 10.2. The molecule has 7 nitrogen and oxygen atoms in total. The monoisotopic (exact) mass is 358 g/mol. The topological polar surface area (TPSA) is 105 Å². The normalized spacial score (nSPS) is 11.2. The first-order valence-corrected chi connectivity index (χ1v) is 8.76. The molecule has 0 bridgehead atoms. The molecule has 0 atom stereocenters. The first kappa shape index (κ1) is 16.7. The lowest BCUT2D eigenvalue weighted by molar-refractivity contribution is 0.0963. The molecular weight excluding hydrogens is 344 g/mol. The second kappa shape index (κ2) is 6.40. The van der Waals surface area contributed by atoms with Gasteiger partial charge in [-0.05, 0) is 42.5 Å². The zero-order valence-corrected chi connectivity index (χ0v) is 14.0. The van der Waals surface area contributed by atoms with E-state index in [1.807, 2.05) is 0 Å². The van der Waals surface area contributed by atoms with E-state index in [2.05, 4.69) is 10.0 Å². The lowest BCUT2D eigenvalue weighted by Gasteiger charge is -2.10. The summed E-state index contributed by atoms with van der Waals surface area (Å²) in [5.74, 6) is -0.318. The van der Waals surface area contributed by atoms with E-state index in [-0.39, 0.29) is 16.5 Å². The number of anilines is 1. The van der Waals surface area contributed by atoms with Crippen LogP contribution in [0.25, 0.3) is 11.0 Å². The Kier molecular flexibility index (Phi) is 4.28. The maximum Gasteiger partial charge on any atom is 0.336 e. The van der Waals surface area contributed by atoms with Gasteiger partial charge in [-0.2, -0.15) is 0 Å². The Bertz CT molecular complexity index is 1120. The van der Waals surface area contributed by atoms with E-state index in [4.69, 9.17) is 4.42 Å². The molecule has 3 aromatic rings. The Balaban J connectivity index is 1.95. The molecule has 0 saturated heterocycles. The molecule has 1 heterocycles. The van der Waals surface area contributed by atoms with Gasteiger partial charge < -0.3 is 9.73 Å². The van der Waals surface area contributed by atoms with Crippen LogP contribution in [0.5, 0.6) is 0 Å². The van der Waals surface area contributed by atoms with E-state index in [9.17, 15) is 18.0 Å². The van der Waals surface area contributed by atoms with Crippen LogP contribution in [0.1, 0.15) is 10.4 Å². The highest BCUT2D eigenvalue weighted by Crippen LogP contribution is 2.21. The highest BCUT2D eigenvalue weighted by atomic mass is 32.2. The zero-order chi connectivity index (χ0) is 18.0. The quantitative estimate of drug-likeness (QED) is 0.694. The van der Waals surface area contributed by atoms with Crippen LogP contribution in [-0.4, -0.2) is 21.4 Å². The molecule has 2 aromatic carbocycles. The van der Waals surface area contributed by atoms with Crippen molar-refractivity contribution in [2.24, 2.45) is 0 Å². The number of hydrogen-bond donors (Lipinski definition) is 2.